The van der Waals surface area contributed by atoms with Gasteiger partial charge in [0.25, 0.3) is 0 Å². The zero-order valence-corrected chi connectivity index (χ0v) is 12.6. The van der Waals surface area contributed by atoms with Crippen molar-refractivity contribution in [1.82, 2.24) is 9.80 Å². The summed E-state index contributed by atoms with van der Waals surface area (Å²) in [7, 11) is 2.15. The zero-order valence-electron chi connectivity index (χ0n) is 12.6. The van der Waals surface area contributed by atoms with E-state index in [0.29, 0.717) is 18.6 Å². The number of hydrogen-bond donors (Lipinski definition) is 0. The van der Waals surface area contributed by atoms with Gasteiger partial charge in [-0.2, -0.15) is 5.26 Å². The Labute approximate surface area is 117 Å². The fourth-order valence-electron chi connectivity index (χ4n) is 3.50. The molecule has 0 aliphatic carbocycles. The van der Waals surface area contributed by atoms with Crippen LogP contribution in [-0.4, -0.2) is 61.8 Å². The number of hydrogen-bond acceptors (Lipinski definition) is 4. The van der Waals surface area contributed by atoms with Crippen molar-refractivity contribution in [2.24, 2.45) is 5.41 Å². The first-order valence-electron chi connectivity index (χ1n) is 7.41. The molecule has 2 heterocycles. The number of nitrogens with zero attached hydrogens (tertiary/aromatic N) is 3. The molecule has 0 amide bonds. The minimum atomic E-state index is 0.275. The molecule has 2 atom stereocenters. The Kier molecular flexibility index (Phi) is 4.83. The van der Waals surface area contributed by atoms with Gasteiger partial charge in [-0.25, -0.2) is 0 Å². The van der Waals surface area contributed by atoms with Gasteiger partial charge in [0.2, 0.25) is 0 Å². The molecule has 0 N–H and O–H groups in total. The highest BCUT2D eigenvalue weighted by atomic mass is 16.5. The van der Waals surface area contributed by atoms with Gasteiger partial charge in [0.1, 0.15) is 0 Å². The molecule has 0 aromatic heterocycles. The third kappa shape index (κ3) is 4.17. The number of rotatable bonds is 3. The summed E-state index contributed by atoms with van der Waals surface area (Å²) in [6.07, 6.45) is 3.41. The lowest BCUT2D eigenvalue weighted by Crippen LogP contribution is -2.41. The molecular formula is C15H27N3O. The van der Waals surface area contributed by atoms with Gasteiger partial charge in [-0.1, -0.05) is 13.8 Å². The number of likely N-dealkylation sites (N-methyl/N-ethyl adjacent to an activating group) is 1. The second-order valence-electron chi connectivity index (χ2n) is 6.92. The first-order chi connectivity index (χ1) is 9.00. The predicted molar refractivity (Wildman–Crippen MR) is 75.8 cm³/mol. The Hall–Kier alpha value is -0.630. The molecular weight excluding hydrogens is 238 g/mol. The van der Waals surface area contributed by atoms with Gasteiger partial charge in [0, 0.05) is 38.8 Å². The second kappa shape index (κ2) is 6.21. The Bertz CT molecular complexity index is 331. The van der Waals surface area contributed by atoms with Crippen LogP contribution in [0.3, 0.4) is 0 Å². The van der Waals surface area contributed by atoms with Crippen LogP contribution in [-0.2, 0) is 4.74 Å². The molecule has 0 aromatic carbocycles. The second-order valence-corrected chi connectivity index (χ2v) is 6.92. The van der Waals surface area contributed by atoms with Crippen molar-refractivity contribution in [3.63, 3.8) is 0 Å². The van der Waals surface area contributed by atoms with E-state index in [1.54, 1.807) is 0 Å². The molecule has 4 nitrogen and oxygen atoms in total. The van der Waals surface area contributed by atoms with Crippen LogP contribution in [0.1, 0.15) is 33.1 Å². The van der Waals surface area contributed by atoms with Gasteiger partial charge in [-0.15, -0.1) is 0 Å². The van der Waals surface area contributed by atoms with Crippen molar-refractivity contribution in [2.45, 2.75) is 45.3 Å². The lowest BCUT2D eigenvalue weighted by molar-refractivity contribution is 0.0631. The summed E-state index contributed by atoms with van der Waals surface area (Å²) in [6, 6.07) is 2.69. The average Bonchev–Trinajstić information content (AvgIpc) is 2.75. The SMILES string of the molecule is CN1CC(C)(C)CN(CC2CCCO2)CC1CC#N. The first kappa shape index (κ1) is 14.8. The molecule has 2 aliphatic heterocycles. The molecule has 0 spiro atoms. The largest absolute Gasteiger partial charge is 0.377 e. The summed E-state index contributed by atoms with van der Waals surface area (Å²) in [5.41, 5.74) is 0.275. The molecule has 2 aliphatic rings. The van der Waals surface area contributed by atoms with Gasteiger partial charge in [-0.05, 0) is 25.3 Å². The molecule has 0 aromatic rings. The normalized spacial score (nSPS) is 32.9. The van der Waals surface area contributed by atoms with Crippen molar-refractivity contribution >= 4 is 0 Å². The van der Waals surface area contributed by atoms with Crippen LogP contribution in [0.5, 0.6) is 0 Å². The van der Waals surface area contributed by atoms with Crippen LogP contribution in [0.25, 0.3) is 0 Å². The molecule has 2 saturated heterocycles. The van der Waals surface area contributed by atoms with Gasteiger partial charge in [0.05, 0.1) is 18.6 Å². The highest BCUT2D eigenvalue weighted by Gasteiger charge is 2.33. The number of ether oxygens (including phenoxy) is 1. The van der Waals surface area contributed by atoms with E-state index < -0.39 is 0 Å². The lowest BCUT2D eigenvalue weighted by atomic mass is 9.92. The topological polar surface area (TPSA) is 39.5 Å². The molecule has 4 heteroatoms. The molecule has 0 radical (unpaired) electrons. The summed E-state index contributed by atoms with van der Waals surface area (Å²) in [4.78, 5) is 4.88. The maximum Gasteiger partial charge on any atom is 0.0702 e. The van der Waals surface area contributed by atoms with Crippen LogP contribution >= 0.6 is 0 Å². The fraction of sp³-hybridized carbons (Fsp3) is 0.933. The Balaban J connectivity index is 2.01. The van der Waals surface area contributed by atoms with E-state index in [0.717, 1.165) is 32.8 Å². The standard InChI is InChI=1S/C15H27N3O/c1-15(2)11-17(3)13(6-7-16)9-18(12-15)10-14-5-4-8-19-14/h13-14H,4-6,8-12H2,1-3H3. The molecule has 2 fully saturated rings. The van der Waals surface area contributed by atoms with Crippen LogP contribution in [0, 0.1) is 16.7 Å². The molecule has 108 valence electrons. The quantitative estimate of drug-likeness (QED) is 0.779. The fourth-order valence-corrected chi connectivity index (χ4v) is 3.50. The van der Waals surface area contributed by atoms with Crippen molar-refractivity contribution in [1.29, 1.82) is 5.26 Å². The molecule has 19 heavy (non-hydrogen) atoms. The summed E-state index contributed by atoms with van der Waals surface area (Å²) < 4.78 is 5.77. The highest BCUT2D eigenvalue weighted by Crippen LogP contribution is 2.26. The number of nitriles is 1. The smallest absolute Gasteiger partial charge is 0.0702 e. The van der Waals surface area contributed by atoms with Crippen molar-refractivity contribution < 1.29 is 4.74 Å². The van der Waals surface area contributed by atoms with Crippen LogP contribution in [0.15, 0.2) is 0 Å². The summed E-state index contributed by atoms with van der Waals surface area (Å²) in [5.74, 6) is 0. The summed E-state index contributed by atoms with van der Waals surface area (Å²) >= 11 is 0. The summed E-state index contributed by atoms with van der Waals surface area (Å²) in [5, 5.41) is 9.01. The van der Waals surface area contributed by atoms with Crippen molar-refractivity contribution in [3.8, 4) is 6.07 Å². The van der Waals surface area contributed by atoms with Crippen molar-refractivity contribution in [2.75, 3.05) is 39.8 Å². The molecule has 0 saturated carbocycles. The third-order valence-corrected chi connectivity index (χ3v) is 4.23. The van der Waals surface area contributed by atoms with Crippen LogP contribution in [0.4, 0.5) is 0 Å². The van der Waals surface area contributed by atoms with Crippen LogP contribution < -0.4 is 0 Å². The minimum Gasteiger partial charge on any atom is -0.377 e. The van der Waals surface area contributed by atoms with E-state index in [9.17, 15) is 0 Å². The monoisotopic (exact) mass is 265 g/mol. The summed E-state index contributed by atoms with van der Waals surface area (Å²) in [6.45, 7) is 9.73. The van der Waals surface area contributed by atoms with E-state index in [4.69, 9.17) is 10.00 Å². The van der Waals surface area contributed by atoms with E-state index >= 15 is 0 Å². The van der Waals surface area contributed by atoms with Gasteiger partial charge in [0.15, 0.2) is 0 Å². The zero-order chi connectivity index (χ0) is 13.9. The van der Waals surface area contributed by atoms with E-state index in [-0.39, 0.29) is 5.41 Å². The maximum absolute atomic E-state index is 9.01. The molecule has 2 rings (SSSR count). The predicted octanol–water partition coefficient (Wildman–Crippen LogP) is 1.72. The lowest BCUT2D eigenvalue weighted by Gasteiger charge is -2.31. The average molecular weight is 265 g/mol. The van der Waals surface area contributed by atoms with E-state index in [2.05, 4.69) is 36.8 Å². The Morgan fingerprint density at radius 1 is 1.37 bits per heavy atom. The van der Waals surface area contributed by atoms with Gasteiger partial charge >= 0.3 is 0 Å². The van der Waals surface area contributed by atoms with Crippen molar-refractivity contribution in [3.05, 3.63) is 0 Å². The minimum absolute atomic E-state index is 0.275. The van der Waals surface area contributed by atoms with E-state index in [1.807, 2.05) is 0 Å². The third-order valence-electron chi connectivity index (χ3n) is 4.23. The van der Waals surface area contributed by atoms with Crippen LogP contribution in [0.2, 0.25) is 0 Å². The van der Waals surface area contributed by atoms with E-state index in [1.165, 1.54) is 12.8 Å². The Morgan fingerprint density at radius 3 is 2.79 bits per heavy atom. The molecule has 2 unspecified atom stereocenters. The first-order valence-corrected chi connectivity index (χ1v) is 7.41. The maximum atomic E-state index is 9.01. The van der Waals surface area contributed by atoms with Gasteiger partial charge < -0.3 is 9.64 Å². The van der Waals surface area contributed by atoms with Gasteiger partial charge in [-0.3, -0.25) is 4.90 Å². The molecule has 0 bridgehead atoms. The Morgan fingerprint density at radius 2 is 2.16 bits per heavy atom. The highest BCUT2D eigenvalue weighted by molar-refractivity contribution is 4.91.